The largest absolute Gasteiger partial charge is 0.355 e. The minimum absolute atomic E-state index is 0.0529. The minimum Gasteiger partial charge on any atom is -0.355 e. The minimum atomic E-state index is -0.497. The third-order valence-electron chi connectivity index (χ3n) is 5.54. The van der Waals surface area contributed by atoms with Crippen LogP contribution in [-0.4, -0.2) is 34.1 Å². The lowest BCUT2D eigenvalue weighted by Gasteiger charge is -2.30. The van der Waals surface area contributed by atoms with Crippen molar-refractivity contribution < 1.29 is 9.72 Å². The van der Waals surface area contributed by atoms with Crippen molar-refractivity contribution in [2.24, 2.45) is 5.92 Å². The SMILES string of the molecule is CC1CCN(c2ccc(-c3ccc(NC(=O)c4ccc([N+](=O)[O-])cc4)cc3)nn2)CC1. The van der Waals surface area contributed by atoms with Crippen LogP contribution in [0.4, 0.5) is 17.2 Å². The summed E-state index contributed by atoms with van der Waals surface area (Å²) >= 11 is 0. The van der Waals surface area contributed by atoms with Crippen molar-refractivity contribution in [1.82, 2.24) is 10.2 Å². The lowest BCUT2D eigenvalue weighted by Crippen LogP contribution is -2.33. The molecule has 8 heteroatoms. The van der Waals surface area contributed by atoms with Gasteiger partial charge in [-0.2, -0.15) is 0 Å². The molecule has 1 N–H and O–H groups in total. The fourth-order valence-electron chi connectivity index (χ4n) is 3.55. The predicted octanol–water partition coefficient (Wildman–Crippen LogP) is 4.54. The van der Waals surface area contributed by atoms with Crippen molar-refractivity contribution in [2.45, 2.75) is 19.8 Å². The molecule has 1 saturated heterocycles. The number of nitro groups is 1. The quantitative estimate of drug-likeness (QED) is 0.483. The molecule has 1 aromatic heterocycles. The van der Waals surface area contributed by atoms with Crippen LogP contribution in [0, 0.1) is 16.0 Å². The normalized spacial score (nSPS) is 14.3. The van der Waals surface area contributed by atoms with Gasteiger partial charge in [0.25, 0.3) is 11.6 Å². The van der Waals surface area contributed by atoms with E-state index in [4.69, 9.17) is 0 Å². The van der Waals surface area contributed by atoms with Crippen molar-refractivity contribution in [1.29, 1.82) is 0 Å². The van der Waals surface area contributed by atoms with Crippen LogP contribution in [0.25, 0.3) is 11.3 Å². The number of nitrogens with one attached hydrogen (secondary N) is 1. The second kappa shape index (κ2) is 8.91. The highest BCUT2D eigenvalue weighted by Crippen LogP contribution is 2.24. The van der Waals surface area contributed by atoms with Gasteiger partial charge >= 0.3 is 0 Å². The summed E-state index contributed by atoms with van der Waals surface area (Å²) in [4.78, 5) is 24.9. The third kappa shape index (κ3) is 4.85. The Bertz CT molecular complexity index is 1060. The van der Waals surface area contributed by atoms with E-state index in [2.05, 4.69) is 27.3 Å². The Morgan fingerprint density at radius 3 is 2.26 bits per heavy atom. The first-order valence-electron chi connectivity index (χ1n) is 10.2. The molecule has 4 rings (SSSR count). The number of non-ortho nitro benzene ring substituents is 1. The van der Waals surface area contributed by atoms with Crippen LogP contribution in [0.3, 0.4) is 0 Å². The molecular weight excluding hydrogens is 394 g/mol. The monoisotopic (exact) mass is 417 g/mol. The summed E-state index contributed by atoms with van der Waals surface area (Å²) in [6, 6.07) is 16.8. The Hall–Kier alpha value is -3.81. The first-order chi connectivity index (χ1) is 15.0. The maximum Gasteiger partial charge on any atom is 0.269 e. The molecule has 158 valence electrons. The molecule has 0 unspecified atom stereocenters. The number of anilines is 2. The number of carbonyl (C=O) groups is 1. The zero-order chi connectivity index (χ0) is 21.8. The maximum atomic E-state index is 12.4. The molecule has 0 aliphatic carbocycles. The molecular formula is C23H23N5O3. The second-order valence-electron chi connectivity index (χ2n) is 7.78. The molecule has 0 radical (unpaired) electrons. The smallest absolute Gasteiger partial charge is 0.269 e. The first kappa shape index (κ1) is 20.5. The highest BCUT2D eigenvalue weighted by atomic mass is 16.6. The van der Waals surface area contributed by atoms with Gasteiger partial charge in [-0.05, 0) is 55.2 Å². The van der Waals surface area contributed by atoms with Gasteiger partial charge in [-0.1, -0.05) is 19.1 Å². The maximum absolute atomic E-state index is 12.4. The van der Waals surface area contributed by atoms with E-state index in [1.807, 2.05) is 24.3 Å². The number of hydrogen-bond acceptors (Lipinski definition) is 6. The van der Waals surface area contributed by atoms with E-state index in [1.165, 1.54) is 37.1 Å². The lowest BCUT2D eigenvalue weighted by atomic mass is 9.99. The Kier molecular flexibility index (Phi) is 5.88. The first-order valence-corrected chi connectivity index (χ1v) is 10.2. The van der Waals surface area contributed by atoms with E-state index in [9.17, 15) is 14.9 Å². The van der Waals surface area contributed by atoms with Crippen LogP contribution >= 0.6 is 0 Å². The zero-order valence-electron chi connectivity index (χ0n) is 17.2. The number of aromatic nitrogens is 2. The molecule has 31 heavy (non-hydrogen) atoms. The number of benzene rings is 2. The van der Waals surface area contributed by atoms with Crippen molar-refractivity contribution in [3.05, 3.63) is 76.3 Å². The van der Waals surface area contributed by atoms with Crippen molar-refractivity contribution in [3.63, 3.8) is 0 Å². The molecule has 8 nitrogen and oxygen atoms in total. The Morgan fingerprint density at radius 2 is 1.68 bits per heavy atom. The van der Waals surface area contributed by atoms with Crippen LogP contribution in [0.2, 0.25) is 0 Å². The molecule has 1 amide bonds. The molecule has 2 aromatic carbocycles. The molecule has 1 fully saturated rings. The van der Waals surface area contributed by atoms with Crippen LogP contribution < -0.4 is 10.2 Å². The van der Waals surface area contributed by atoms with Crippen molar-refractivity contribution in [2.75, 3.05) is 23.3 Å². The Morgan fingerprint density at radius 1 is 1.00 bits per heavy atom. The summed E-state index contributed by atoms with van der Waals surface area (Å²) in [5.41, 5.74) is 2.59. The van der Waals surface area contributed by atoms with Crippen molar-refractivity contribution >= 4 is 23.1 Å². The van der Waals surface area contributed by atoms with Gasteiger partial charge < -0.3 is 10.2 Å². The number of piperidine rings is 1. The standard InChI is InChI=1S/C23H23N5O3/c1-16-12-14-27(15-13-16)22-11-10-21(25-26-22)17-2-6-19(7-3-17)24-23(29)18-4-8-20(9-5-18)28(30)31/h2-11,16H,12-15H2,1H3,(H,24,29). The summed E-state index contributed by atoms with van der Waals surface area (Å²) in [5, 5.41) is 22.3. The molecule has 1 aliphatic rings. The molecule has 0 spiro atoms. The van der Waals surface area contributed by atoms with E-state index in [0.717, 1.165) is 36.1 Å². The Labute approximate surface area is 180 Å². The summed E-state index contributed by atoms with van der Waals surface area (Å²) in [7, 11) is 0. The highest BCUT2D eigenvalue weighted by molar-refractivity contribution is 6.04. The Balaban J connectivity index is 1.39. The second-order valence-corrected chi connectivity index (χ2v) is 7.78. The highest BCUT2D eigenvalue weighted by Gasteiger charge is 2.17. The third-order valence-corrected chi connectivity index (χ3v) is 5.54. The fourth-order valence-corrected chi connectivity index (χ4v) is 3.55. The van der Waals surface area contributed by atoms with Gasteiger partial charge in [0, 0.05) is 42.0 Å². The number of amides is 1. The molecule has 3 aromatic rings. The van der Waals surface area contributed by atoms with Crippen LogP contribution in [0.5, 0.6) is 0 Å². The summed E-state index contributed by atoms with van der Waals surface area (Å²) in [6.07, 6.45) is 2.35. The predicted molar refractivity (Wildman–Crippen MR) is 119 cm³/mol. The van der Waals surface area contributed by atoms with Gasteiger partial charge in [-0.15, -0.1) is 10.2 Å². The molecule has 0 saturated carbocycles. The summed E-state index contributed by atoms with van der Waals surface area (Å²) < 4.78 is 0. The average molecular weight is 417 g/mol. The van der Waals surface area contributed by atoms with E-state index in [0.29, 0.717) is 11.3 Å². The summed E-state index contributed by atoms with van der Waals surface area (Å²) in [6.45, 7) is 4.31. The number of rotatable bonds is 5. The fraction of sp³-hybridized carbons (Fsp3) is 0.261. The van der Waals surface area contributed by atoms with E-state index in [-0.39, 0.29) is 11.6 Å². The van der Waals surface area contributed by atoms with E-state index < -0.39 is 4.92 Å². The van der Waals surface area contributed by atoms with Gasteiger partial charge in [-0.25, -0.2) is 0 Å². The summed E-state index contributed by atoms with van der Waals surface area (Å²) in [5.74, 6) is 1.34. The van der Waals surface area contributed by atoms with Gasteiger partial charge in [0.15, 0.2) is 5.82 Å². The molecule has 0 bridgehead atoms. The number of carbonyl (C=O) groups excluding carboxylic acids is 1. The number of nitro benzene ring substituents is 1. The van der Waals surface area contributed by atoms with Crippen LogP contribution in [0.15, 0.2) is 60.7 Å². The van der Waals surface area contributed by atoms with Gasteiger partial charge in [-0.3, -0.25) is 14.9 Å². The van der Waals surface area contributed by atoms with Gasteiger partial charge in [0.1, 0.15) is 0 Å². The topological polar surface area (TPSA) is 101 Å². The number of hydrogen-bond donors (Lipinski definition) is 1. The van der Waals surface area contributed by atoms with Crippen molar-refractivity contribution in [3.8, 4) is 11.3 Å². The molecule has 1 aliphatic heterocycles. The average Bonchev–Trinajstić information content (AvgIpc) is 2.80. The van der Waals surface area contributed by atoms with E-state index >= 15 is 0 Å². The molecule has 2 heterocycles. The van der Waals surface area contributed by atoms with Gasteiger partial charge in [0.05, 0.1) is 10.6 Å². The van der Waals surface area contributed by atoms with E-state index in [1.54, 1.807) is 12.1 Å². The number of nitrogens with zero attached hydrogens (tertiary/aromatic N) is 4. The van der Waals surface area contributed by atoms with Gasteiger partial charge in [0.2, 0.25) is 0 Å². The zero-order valence-corrected chi connectivity index (χ0v) is 17.2. The van der Waals surface area contributed by atoms with Crippen LogP contribution in [-0.2, 0) is 0 Å². The molecule has 0 atom stereocenters. The lowest BCUT2D eigenvalue weighted by molar-refractivity contribution is -0.384. The van der Waals surface area contributed by atoms with Crippen LogP contribution in [0.1, 0.15) is 30.1 Å².